The lowest BCUT2D eigenvalue weighted by Gasteiger charge is -2.20. The first kappa shape index (κ1) is 16.8. The predicted molar refractivity (Wildman–Crippen MR) is 99.1 cm³/mol. The molecule has 2 heterocycles. The van der Waals surface area contributed by atoms with Gasteiger partial charge in [0.25, 0.3) is 0 Å². The summed E-state index contributed by atoms with van der Waals surface area (Å²) in [6.07, 6.45) is 5.89. The molecule has 1 aliphatic rings. The second-order valence-electron chi connectivity index (χ2n) is 6.41. The molecule has 4 nitrogen and oxygen atoms in total. The average molecular weight is 367 g/mol. The van der Waals surface area contributed by atoms with Crippen LogP contribution in [-0.4, -0.2) is 15.9 Å². The number of carbonyl (C=O) groups is 1. The number of aromatic nitrogens is 2. The van der Waals surface area contributed by atoms with E-state index in [0.717, 1.165) is 41.1 Å². The van der Waals surface area contributed by atoms with Gasteiger partial charge in [-0.25, -0.2) is 9.37 Å². The summed E-state index contributed by atoms with van der Waals surface area (Å²) in [4.78, 5) is 22.5. The molecular weight excluding hydrogens is 349 g/mol. The molecule has 0 spiro atoms. The number of aryl methyl sites for hydroxylation is 1. The van der Waals surface area contributed by atoms with Gasteiger partial charge in [0.05, 0.1) is 5.69 Å². The lowest BCUT2D eigenvalue weighted by molar-refractivity contribution is -0.125. The smallest absolute Gasteiger partial charge is 0.223 e. The lowest BCUT2D eigenvalue weighted by Crippen LogP contribution is -2.33. The van der Waals surface area contributed by atoms with Gasteiger partial charge in [0, 0.05) is 35.3 Å². The van der Waals surface area contributed by atoms with E-state index in [2.05, 4.69) is 10.3 Å². The summed E-state index contributed by atoms with van der Waals surface area (Å²) < 4.78 is 12.9. The minimum Gasteiger partial charge on any atom is -0.352 e. The lowest BCUT2D eigenvalue weighted by atomic mass is 9.90. The van der Waals surface area contributed by atoms with E-state index in [1.807, 2.05) is 12.1 Å². The molecular formula is C20H18FN3OS. The number of nitrogens with one attached hydrogen (secondary N) is 1. The van der Waals surface area contributed by atoms with Crippen LogP contribution < -0.4 is 5.32 Å². The molecule has 1 amide bonds. The molecule has 0 aliphatic heterocycles. The largest absolute Gasteiger partial charge is 0.352 e. The number of rotatable bonds is 4. The highest BCUT2D eigenvalue weighted by Crippen LogP contribution is 2.34. The average Bonchev–Trinajstić information content (AvgIpc) is 3.11. The number of fused-ring (bicyclic) bond motifs is 1. The molecule has 132 valence electrons. The summed E-state index contributed by atoms with van der Waals surface area (Å²) in [5.74, 6) is -0.248. The van der Waals surface area contributed by atoms with Crippen LogP contribution in [0, 0.1) is 11.7 Å². The van der Waals surface area contributed by atoms with Crippen molar-refractivity contribution in [1.82, 2.24) is 15.3 Å². The minimum absolute atomic E-state index is 0.0336. The summed E-state index contributed by atoms with van der Waals surface area (Å²) >= 11 is 1.67. The predicted octanol–water partition coefficient (Wildman–Crippen LogP) is 3.77. The van der Waals surface area contributed by atoms with Crippen LogP contribution in [0.5, 0.6) is 0 Å². The van der Waals surface area contributed by atoms with Crippen LogP contribution in [0.2, 0.25) is 0 Å². The number of pyridine rings is 1. The van der Waals surface area contributed by atoms with Gasteiger partial charge in [-0.15, -0.1) is 11.3 Å². The Labute approximate surface area is 155 Å². The van der Waals surface area contributed by atoms with Crippen molar-refractivity contribution in [1.29, 1.82) is 0 Å². The normalized spacial score (nSPS) is 16.1. The van der Waals surface area contributed by atoms with Gasteiger partial charge in [0.15, 0.2) is 0 Å². The van der Waals surface area contributed by atoms with Gasteiger partial charge >= 0.3 is 0 Å². The third-order valence-corrected chi connectivity index (χ3v) is 5.79. The summed E-state index contributed by atoms with van der Waals surface area (Å²) in [7, 11) is 0. The first-order valence-electron chi connectivity index (χ1n) is 8.60. The van der Waals surface area contributed by atoms with Gasteiger partial charge in [-0.3, -0.25) is 9.78 Å². The van der Waals surface area contributed by atoms with Gasteiger partial charge < -0.3 is 5.32 Å². The van der Waals surface area contributed by atoms with Crippen molar-refractivity contribution in [3.63, 3.8) is 0 Å². The molecule has 26 heavy (non-hydrogen) atoms. The number of hydrogen-bond acceptors (Lipinski definition) is 4. The van der Waals surface area contributed by atoms with Crippen LogP contribution in [0.3, 0.4) is 0 Å². The van der Waals surface area contributed by atoms with Crippen molar-refractivity contribution in [2.24, 2.45) is 5.92 Å². The van der Waals surface area contributed by atoms with E-state index in [9.17, 15) is 9.18 Å². The van der Waals surface area contributed by atoms with Crippen molar-refractivity contribution < 1.29 is 9.18 Å². The zero-order valence-electron chi connectivity index (χ0n) is 14.1. The van der Waals surface area contributed by atoms with Crippen molar-refractivity contribution >= 4 is 17.2 Å². The number of carbonyl (C=O) groups excluding carboxylic acids is 1. The first-order valence-corrected chi connectivity index (χ1v) is 9.42. The summed E-state index contributed by atoms with van der Waals surface area (Å²) in [5, 5.41) is 3.96. The Kier molecular flexibility index (Phi) is 4.75. The summed E-state index contributed by atoms with van der Waals surface area (Å²) in [6.45, 7) is 0.424. The molecule has 1 atom stereocenters. The van der Waals surface area contributed by atoms with Crippen LogP contribution in [0.1, 0.15) is 22.6 Å². The van der Waals surface area contributed by atoms with Gasteiger partial charge in [-0.05, 0) is 49.1 Å². The number of halogens is 1. The highest BCUT2D eigenvalue weighted by Gasteiger charge is 2.27. The number of hydrogen-bond donors (Lipinski definition) is 1. The number of benzene rings is 1. The number of nitrogens with zero attached hydrogens (tertiary/aromatic N) is 2. The molecule has 0 radical (unpaired) electrons. The van der Waals surface area contributed by atoms with E-state index in [-0.39, 0.29) is 17.6 Å². The van der Waals surface area contributed by atoms with E-state index in [1.165, 1.54) is 17.0 Å². The van der Waals surface area contributed by atoms with E-state index in [1.54, 1.807) is 35.9 Å². The number of amides is 1. The van der Waals surface area contributed by atoms with Crippen molar-refractivity contribution in [3.8, 4) is 10.6 Å². The summed E-state index contributed by atoms with van der Waals surface area (Å²) in [5.41, 5.74) is 3.08. The fourth-order valence-corrected chi connectivity index (χ4v) is 4.35. The van der Waals surface area contributed by atoms with Gasteiger partial charge in [-0.2, -0.15) is 0 Å². The monoisotopic (exact) mass is 367 g/mol. The SMILES string of the molecule is O=C(NCc1ccc(F)cc1)C1CCc2nc(-c3ccncc3)sc2C1. The van der Waals surface area contributed by atoms with E-state index in [0.29, 0.717) is 6.54 Å². The summed E-state index contributed by atoms with van der Waals surface area (Å²) in [6, 6.07) is 10.1. The Morgan fingerprint density at radius 2 is 1.96 bits per heavy atom. The van der Waals surface area contributed by atoms with Crippen LogP contribution in [0.25, 0.3) is 10.6 Å². The second kappa shape index (κ2) is 7.33. The van der Waals surface area contributed by atoms with E-state index in [4.69, 9.17) is 4.98 Å². The van der Waals surface area contributed by atoms with Crippen molar-refractivity contribution in [3.05, 3.63) is 70.7 Å². The van der Waals surface area contributed by atoms with Gasteiger partial charge in [0.1, 0.15) is 10.8 Å². The third-order valence-electron chi connectivity index (χ3n) is 4.62. The molecule has 1 unspecified atom stereocenters. The van der Waals surface area contributed by atoms with Crippen molar-refractivity contribution in [2.75, 3.05) is 0 Å². The van der Waals surface area contributed by atoms with Crippen LogP contribution >= 0.6 is 11.3 Å². The zero-order valence-corrected chi connectivity index (χ0v) is 14.9. The molecule has 2 aromatic heterocycles. The highest BCUT2D eigenvalue weighted by atomic mass is 32.1. The molecule has 0 saturated carbocycles. The maximum Gasteiger partial charge on any atom is 0.223 e. The Balaban J connectivity index is 1.40. The van der Waals surface area contributed by atoms with Crippen LogP contribution in [0.4, 0.5) is 4.39 Å². The minimum atomic E-state index is -0.268. The molecule has 3 aromatic rings. The third kappa shape index (κ3) is 3.65. The Hall–Kier alpha value is -2.60. The maximum atomic E-state index is 12.9. The fraction of sp³-hybridized carbons (Fsp3) is 0.250. The van der Waals surface area contributed by atoms with E-state index < -0.39 is 0 Å². The van der Waals surface area contributed by atoms with Gasteiger partial charge in [0.2, 0.25) is 5.91 Å². The molecule has 1 aliphatic carbocycles. The molecule has 0 fully saturated rings. The van der Waals surface area contributed by atoms with E-state index >= 15 is 0 Å². The molecule has 0 saturated heterocycles. The Bertz CT molecular complexity index is 909. The first-order chi connectivity index (χ1) is 12.7. The van der Waals surface area contributed by atoms with Crippen LogP contribution in [-0.2, 0) is 24.2 Å². The quantitative estimate of drug-likeness (QED) is 0.764. The maximum absolute atomic E-state index is 12.9. The number of thiazole rings is 1. The van der Waals surface area contributed by atoms with Crippen LogP contribution in [0.15, 0.2) is 48.8 Å². The molecule has 4 rings (SSSR count). The molecule has 1 aromatic carbocycles. The second-order valence-corrected chi connectivity index (χ2v) is 7.49. The van der Waals surface area contributed by atoms with Gasteiger partial charge in [-0.1, -0.05) is 12.1 Å². The standard InChI is InChI=1S/C20H18FN3OS/c21-16-4-1-13(2-5-16)12-23-19(25)15-3-6-17-18(11-15)26-20(24-17)14-7-9-22-10-8-14/h1-2,4-5,7-10,15H,3,6,11-12H2,(H,23,25). The Morgan fingerprint density at radius 1 is 1.19 bits per heavy atom. The highest BCUT2D eigenvalue weighted by molar-refractivity contribution is 7.15. The fourth-order valence-electron chi connectivity index (χ4n) is 3.15. The zero-order chi connectivity index (χ0) is 17.9. The topological polar surface area (TPSA) is 54.9 Å². The molecule has 6 heteroatoms. The molecule has 1 N–H and O–H groups in total. The van der Waals surface area contributed by atoms with Crippen molar-refractivity contribution in [2.45, 2.75) is 25.8 Å². The molecule has 0 bridgehead atoms. The Morgan fingerprint density at radius 3 is 2.73 bits per heavy atom.